The number of ether oxygens (including phenoxy) is 1. The molecular formula is C7H15NO2. The number of likely N-dealkylation sites (N-methyl/N-ethyl adjacent to an activating group) is 1. The summed E-state index contributed by atoms with van der Waals surface area (Å²) in [5.41, 5.74) is 0. The van der Waals surface area contributed by atoms with E-state index in [0.29, 0.717) is 0 Å². The Hall–Kier alpha value is -0.570. The fourth-order valence-corrected chi connectivity index (χ4v) is 0.567. The number of carbonyl (C=O) groups is 1. The summed E-state index contributed by atoms with van der Waals surface area (Å²) in [5, 5.41) is 0. The van der Waals surface area contributed by atoms with E-state index in [4.69, 9.17) is 4.74 Å². The normalized spacial score (nSPS) is 12.8. The Morgan fingerprint density at radius 2 is 2.20 bits per heavy atom. The monoisotopic (exact) mass is 145 g/mol. The van der Waals surface area contributed by atoms with Gasteiger partial charge in [0, 0.05) is 20.7 Å². The maximum atomic E-state index is 11.1. The van der Waals surface area contributed by atoms with Crippen molar-refractivity contribution in [1.29, 1.82) is 0 Å². The second kappa shape index (κ2) is 4.28. The van der Waals surface area contributed by atoms with Gasteiger partial charge in [-0.1, -0.05) is 0 Å². The molecule has 1 amide bonds. The fourth-order valence-electron chi connectivity index (χ4n) is 0.567. The van der Waals surface area contributed by atoms with E-state index in [1.165, 1.54) is 7.11 Å². The highest BCUT2D eigenvalue weighted by Crippen LogP contribution is 1.93. The van der Waals surface area contributed by atoms with Gasteiger partial charge >= 0.3 is 0 Å². The summed E-state index contributed by atoms with van der Waals surface area (Å²) >= 11 is 0. The van der Waals surface area contributed by atoms with Crippen molar-refractivity contribution in [1.82, 2.24) is 4.90 Å². The zero-order chi connectivity index (χ0) is 8.15. The summed E-state index contributed by atoms with van der Waals surface area (Å²) in [7, 11) is 3.30. The van der Waals surface area contributed by atoms with Gasteiger partial charge in [0.2, 0.25) is 0 Å². The van der Waals surface area contributed by atoms with Crippen LogP contribution in [0.2, 0.25) is 0 Å². The minimum absolute atomic E-state index is 0.0324. The molecule has 0 fully saturated rings. The summed E-state index contributed by atoms with van der Waals surface area (Å²) in [5.74, 6) is 0.0324. The lowest BCUT2D eigenvalue weighted by atomic mass is 10.3. The standard InChI is InChI=1S/C7H15NO2/c1-5-8(3)7(9)6(2)10-4/h6H,5H2,1-4H3. The van der Waals surface area contributed by atoms with Crippen LogP contribution in [0.4, 0.5) is 0 Å². The van der Waals surface area contributed by atoms with Crippen LogP contribution in [-0.2, 0) is 9.53 Å². The number of rotatable bonds is 3. The third-order valence-electron chi connectivity index (χ3n) is 1.55. The van der Waals surface area contributed by atoms with E-state index < -0.39 is 0 Å². The highest BCUT2D eigenvalue weighted by molar-refractivity contribution is 5.80. The first-order valence-electron chi connectivity index (χ1n) is 3.41. The van der Waals surface area contributed by atoms with Crippen molar-refractivity contribution in [3.05, 3.63) is 0 Å². The Morgan fingerprint density at radius 1 is 1.70 bits per heavy atom. The van der Waals surface area contributed by atoms with Gasteiger partial charge in [-0.15, -0.1) is 0 Å². The molecule has 0 aromatic heterocycles. The van der Waals surface area contributed by atoms with E-state index in [0.717, 1.165) is 6.54 Å². The van der Waals surface area contributed by atoms with Crippen molar-refractivity contribution in [2.24, 2.45) is 0 Å². The Bertz CT molecular complexity index is 102. The number of hydrogen-bond acceptors (Lipinski definition) is 2. The van der Waals surface area contributed by atoms with Crippen LogP contribution in [0.5, 0.6) is 0 Å². The number of hydrogen-bond donors (Lipinski definition) is 0. The first-order valence-corrected chi connectivity index (χ1v) is 3.41. The van der Waals surface area contributed by atoms with Crippen LogP contribution in [0.15, 0.2) is 0 Å². The fraction of sp³-hybridized carbons (Fsp3) is 0.857. The average Bonchev–Trinajstić information content (AvgIpc) is 2.00. The van der Waals surface area contributed by atoms with Gasteiger partial charge in [-0.25, -0.2) is 0 Å². The molecule has 0 aromatic carbocycles. The molecular weight excluding hydrogens is 130 g/mol. The Balaban J connectivity index is 3.82. The lowest BCUT2D eigenvalue weighted by Gasteiger charge is -2.18. The SMILES string of the molecule is CCN(C)C(=O)C(C)OC. The third kappa shape index (κ3) is 2.35. The molecule has 0 spiro atoms. The molecule has 0 saturated heterocycles. The second-order valence-corrected chi connectivity index (χ2v) is 2.23. The topological polar surface area (TPSA) is 29.5 Å². The molecule has 0 saturated carbocycles. The maximum absolute atomic E-state index is 11.1. The highest BCUT2D eigenvalue weighted by Gasteiger charge is 2.14. The molecule has 0 aromatic rings. The molecule has 1 unspecified atom stereocenters. The van der Waals surface area contributed by atoms with E-state index in [-0.39, 0.29) is 12.0 Å². The lowest BCUT2D eigenvalue weighted by molar-refractivity contribution is -0.139. The van der Waals surface area contributed by atoms with Crippen molar-refractivity contribution in [3.8, 4) is 0 Å². The Labute approximate surface area is 62.0 Å². The highest BCUT2D eigenvalue weighted by atomic mass is 16.5. The van der Waals surface area contributed by atoms with Crippen LogP contribution in [-0.4, -0.2) is 37.6 Å². The third-order valence-corrected chi connectivity index (χ3v) is 1.55. The van der Waals surface area contributed by atoms with Gasteiger partial charge < -0.3 is 9.64 Å². The van der Waals surface area contributed by atoms with Crippen LogP contribution in [0.1, 0.15) is 13.8 Å². The molecule has 0 aliphatic heterocycles. The van der Waals surface area contributed by atoms with Gasteiger partial charge in [-0.2, -0.15) is 0 Å². The van der Waals surface area contributed by atoms with Crippen molar-refractivity contribution in [3.63, 3.8) is 0 Å². The van der Waals surface area contributed by atoms with Gasteiger partial charge in [0.05, 0.1) is 0 Å². The van der Waals surface area contributed by atoms with E-state index in [1.54, 1.807) is 18.9 Å². The second-order valence-electron chi connectivity index (χ2n) is 2.23. The summed E-state index contributed by atoms with van der Waals surface area (Å²) in [6, 6.07) is 0. The van der Waals surface area contributed by atoms with Crippen molar-refractivity contribution in [2.75, 3.05) is 20.7 Å². The minimum Gasteiger partial charge on any atom is -0.372 e. The predicted molar refractivity (Wildman–Crippen MR) is 39.8 cm³/mol. The summed E-state index contributed by atoms with van der Waals surface area (Å²) < 4.78 is 4.84. The smallest absolute Gasteiger partial charge is 0.251 e. The van der Waals surface area contributed by atoms with Crippen molar-refractivity contribution >= 4 is 5.91 Å². The van der Waals surface area contributed by atoms with E-state index in [9.17, 15) is 4.79 Å². The molecule has 10 heavy (non-hydrogen) atoms. The molecule has 0 aliphatic carbocycles. The van der Waals surface area contributed by atoms with Crippen LogP contribution >= 0.6 is 0 Å². The average molecular weight is 145 g/mol. The first-order chi connectivity index (χ1) is 4.63. The minimum atomic E-state index is -0.315. The van der Waals surface area contributed by atoms with Crippen LogP contribution in [0, 0.1) is 0 Å². The molecule has 0 radical (unpaired) electrons. The molecule has 0 rings (SSSR count). The zero-order valence-electron chi connectivity index (χ0n) is 7.05. The Kier molecular flexibility index (Phi) is 4.03. The molecule has 0 aliphatic rings. The van der Waals surface area contributed by atoms with Gasteiger partial charge in [0.25, 0.3) is 5.91 Å². The molecule has 1 atom stereocenters. The quantitative estimate of drug-likeness (QED) is 0.578. The Morgan fingerprint density at radius 3 is 2.50 bits per heavy atom. The molecule has 0 heterocycles. The number of nitrogens with zero attached hydrogens (tertiary/aromatic N) is 1. The number of methoxy groups -OCH3 is 1. The van der Waals surface area contributed by atoms with Gasteiger partial charge in [0.15, 0.2) is 0 Å². The van der Waals surface area contributed by atoms with E-state index in [2.05, 4.69) is 0 Å². The maximum Gasteiger partial charge on any atom is 0.251 e. The van der Waals surface area contributed by atoms with Crippen molar-refractivity contribution < 1.29 is 9.53 Å². The van der Waals surface area contributed by atoms with Crippen LogP contribution in [0.25, 0.3) is 0 Å². The largest absolute Gasteiger partial charge is 0.372 e. The van der Waals surface area contributed by atoms with Crippen LogP contribution < -0.4 is 0 Å². The van der Waals surface area contributed by atoms with Gasteiger partial charge in [-0.05, 0) is 13.8 Å². The molecule has 0 bridgehead atoms. The lowest BCUT2D eigenvalue weighted by Crippen LogP contribution is -2.35. The summed E-state index contributed by atoms with van der Waals surface area (Å²) in [6.07, 6.45) is -0.315. The molecule has 3 heteroatoms. The van der Waals surface area contributed by atoms with Crippen LogP contribution in [0.3, 0.4) is 0 Å². The molecule has 3 nitrogen and oxygen atoms in total. The summed E-state index contributed by atoms with van der Waals surface area (Å²) in [6.45, 7) is 4.40. The molecule has 60 valence electrons. The van der Waals surface area contributed by atoms with Crippen molar-refractivity contribution in [2.45, 2.75) is 20.0 Å². The summed E-state index contributed by atoms with van der Waals surface area (Å²) in [4.78, 5) is 12.7. The zero-order valence-corrected chi connectivity index (χ0v) is 7.05. The van der Waals surface area contributed by atoms with E-state index >= 15 is 0 Å². The number of amides is 1. The van der Waals surface area contributed by atoms with E-state index in [1.807, 2.05) is 6.92 Å². The number of carbonyl (C=O) groups excluding carboxylic acids is 1. The predicted octanol–water partition coefficient (Wildman–Crippen LogP) is 0.500. The van der Waals surface area contributed by atoms with Gasteiger partial charge in [0.1, 0.15) is 6.10 Å². The first kappa shape index (κ1) is 9.43. The van der Waals surface area contributed by atoms with Gasteiger partial charge in [-0.3, -0.25) is 4.79 Å². The molecule has 0 N–H and O–H groups in total.